The van der Waals surface area contributed by atoms with Crippen LogP contribution in [0.1, 0.15) is 18.9 Å². The number of nitrogens with zero attached hydrogens (tertiary/aromatic N) is 2. The van der Waals surface area contributed by atoms with Gasteiger partial charge in [-0.2, -0.15) is 9.98 Å². The van der Waals surface area contributed by atoms with Gasteiger partial charge in [0.25, 0.3) is 0 Å². The van der Waals surface area contributed by atoms with Crippen LogP contribution in [0.3, 0.4) is 0 Å². The summed E-state index contributed by atoms with van der Waals surface area (Å²) in [5, 5.41) is 9.47. The van der Waals surface area contributed by atoms with Crippen molar-refractivity contribution < 1.29 is 8.42 Å². The molecule has 1 aromatic carbocycles. The van der Waals surface area contributed by atoms with Gasteiger partial charge in [-0.3, -0.25) is 4.98 Å². The first-order chi connectivity index (χ1) is 9.49. The van der Waals surface area contributed by atoms with Crippen LogP contribution in [0.15, 0.2) is 35.4 Å². The van der Waals surface area contributed by atoms with E-state index in [9.17, 15) is 8.42 Å². The molecule has 2 aromatic rings. The number of nitriles is 1. The van der Waals surface area contributed by atoms with Crippen LogP contribution in [0.25, 0.3) is 10.9 Å². The molecule has 1 atom stereocenters. The Bertz CT molecular complexity index is 779. The van der Waals surface area contributed by atoms with Gasteiger partial charge in [-0.25, -0.2) is 8.42 Å². The average Bonchev–Trinajstić information content (AvgIpc) is 2.45. The molecule has 20 heavy (non-hydrogen) atoms. The summed E-state index contributed by atoms with van der Waals surface area (Å²) in [5.41, 5.74) is 1.56. The maximum Gasteiger partial charge on any atom is 0.242 e. The van der Waals surface area contributed by atoms with E-state index in [1.165, 1.54) is 0 Å². The quantitative estimate of drug-likeness (QED) is 0.934. The second-order valence-corrected chi connectivity index (χ2v) is 6.17. The van der Waals surface area contributed by atoms with E-state index in [0.29, 0.717) is 17.3 Å². The Balaban J connectivity index is 2.59. The smallest absolute Gasteiger partial charge is 0.242 e. The molecule has 0 bridgehead atoms. The Labute approximate surface area is 118 Å². The van der Waals surface area contributed by atoms with E-state index in [1.807, 2.05) is 13.0 Å². The van der Waals surface area contributed by atoms with Crippen molar-refractivity contribution in [3.63, 3.8) is 0 Å². The van der Waals surface area contributed by atoms with Gasteiger partial charge in [-0.05, 0) is 37.1 Å². The van der Waals surface area contributed by atoms with Crippen molar-refractivity contribution in [2.24, 2.45) is 0 Å². The summed E-state index contributed by atoms with van der Waals surface area (Å²) in [6.07, 6.45) is 2.04. The lowest BCUT2D eigenvalue weighted by molar-refractivity contribution is 0.570. The normalized spacial score (nSPS) is 13.1. The molecule has 0 spiro atoms. The minimum absolute atomic E-state index is 0.153. The number of aromatic nitrogens is 1. The Kier molecular flexibility index (Phi) is 4.02. The standard InChI is InChI=1S/C14H15N3O2S/c1-3-11(9-15)17-20(18,19)13-7-6-10(2)14-12(13)5-4-8-16-14/h4-8,11,17H,3H2,1-2H3. The minimum atomic E-state index is -3.74. The first-order valence-electron chi connectivity index (χ1n) is 6.26. The van der Waals surface area contributed by atoms with Crippen molar-refractivity contribution in [3.05, 3.63) is 36.0 Å². The van der Waals surface area contributed by atoms with Gasteiger partial charge in [0, 0.05) is 11.6 Å². The molecule has 0 aliphatic rings. The predicted molar refractivity (Wildman–Crippen MR) is 76.5 cm³/mol. The number of benzene rings is 1. The van der Waals surface area contributed by atoms with E-state index in [4.69, 9.17) is 5.26 Å². The number of sulfonamides is 1. The highest BCUT2D eigenvalue weighted by atomic mass is 32.2. The van der Waals surface area contributed by atoms with Gasteiger partial charge in [0.1, 0.15) is 6.04 Å². The first-order valence-corrected chi connectivity index (χ1v) is 7.74. The lowest BCUT2D eigenvalue weighted by atomic mass is 10.1. The van der Waals surface area contributed by atoms with Gasteiger partial charge in [0.15, 0.2) is 0 Å². The van der Waals surface area contributed by atoms with Gasteiger partial charge >= 0.3 is 0 Å². The molecule has 0 amide bonds. The summed E-state index contributed by atoms with van der Waals surface area (Å²) in [6, 6.07) is 7.89. The zero-order valence-electron chi connectivity index (χ0n) is 11.3. The Morgan fingerprint density at radius 2 is 2.15 bits per heavy atom. The monoisotopic (exact) mass is 289 g/mol. The third-order valence-electron chi connectivity index (χ3n) is 3.08. The summed E-state index contributed by atoms with van der Waals surface area (Å²) in [5.74, 6) is 0. The number of aryl methyl sites for hydroxylation is 1. The second-order valence-electron chi connectivity index (χ2n) is 4.49. The van der Waals surface area contributed by atoms with E-state index in [2.05, 4.69) is 9.71 Å². The summed E-state index contributed by atoms with van der Waals surface area (Å²) >= 11 is 0. The predicted octanol–water partition coefficient (Wildman–Crippen LogP) is 2.12. The lowest BCUT2D eigenvalue weighted by Gasteiger charge is -2.12. The zero-order valence-corrected chi connectivity index (χ0v) is 12.1. The molecule has 1 heterocycles. The summed E-state index contributed by atoms with van der Waals surface area (Å²) in [6.45, 7) is 3.63. The van der Waals surface area contributed by atoms with Crippen LogP contribution >= 0.6 is 0 Å². The van der Waals surface area contributed by atoms with Crippen molar-refractivity contribution in [2.45, 2.75) is 31.2 Å². The van der Waals surface area contributed by atoms with E-state index in [0.717, 1.165) is 5.56 Å². The summed E-state index contributed by atoms with van der Waals surface area (Å²) in [4.78, 5) is 4.37. The van der Waals surface area contributed by atoms with E-state index < -0.39 is 16.1 Å². The molecule has 104 valence electrons. The molecule has 0 aliphatic heterocycles. The number of pyridine rings is 1. The average molecular weight is 289 g/mol. The maximum absolute atomic E-state index is 12.4. The molecule has 0 saturated carbocycles. The van der Waals surface area contributed by atoms with Crippen LogP contribution in [0.4, 0.5) is 0 Å². The van der Waals surface area contributed by atoms with Crippen LogP contribution in [0.2, 0.25) is 0 Å². The molecule has 0 radical (unpaired) electrons. The van der Waals surface area contributed by atoms with E-state index in [1.54, 1.807) is 37.4 Å². The molecule has 5 nitrogen and oxygen atoms in total. The van der Waals surface area contributed by atoms with Gasteiger partial charge < -0.3 is 0 Å². The van der Waals surface area contributed by atoms with Crippen molar-refractivity contribution in [1.82, 2.24) is 9.71 Å². The van der Waals surface area contributed by atoms with Crippen molar-refractivity contribution >= 4 is 20.9 Å². The van der Waals surface area contributed by atoms with Crippen LogP contribution in [-0.2, 0) is 10.0 Å². The second kappa shape index (κ2) is 5.57. The number of nitrogens with one attached hydrogen (secondary N) is 1. The minimum Gasteiger partial charge on any atom is -0.256 e. The molecular weight excluding hydrogens is 274 g/mol. The first kappa shape index (κ1) is 14.4. The number of rotatable bonds is 4. The Morgan fingerprint density at radius 1 is 1.40 bits per heavy atom. The fraction of sp³-hybridized carbons (Fsp3) is 0.286. The van der Waals surface area contributed by atoms with Crippen molar-refractivity contribution in [1.29, 1.82) is 5.26 Å². The van der Waals surface area contributed by atoms with Gasteiger partial charge in [-0.15, -0.1) is 0 Å². The van der Waals surface area contributed by atoms with Crippen molar-refractivity contribution in [3.8, 4) is 6.07 Å². The molecule has 6 heteroatoms. The molecule has 1 N–H and O–H groups in total. The highest BCUT2D eigenvalue weighted by Crippen LogP contribution is 2.24. The third-order valence-corrected chi connectivity index (χ3v) is 4.61. The Morgan fingerprint density at radius 3 is 2.80 bits per heavy atom. The maximum atomic E-state index is 12.4. The molecule has 2 rings (SSSR count). The number of hydrogen-bond donors (Lipinski definition) is 1. The van der Waals surface area contributed by atoms with Crippen LogP contribution in [0.5, 0.6) is 0 Å². The molecule has 0 saturated heterocycles. The summed E-state index contributed by atoms with van der Waals surface area (Å²) < 4.78 is 27.2. The van der Waals surface area contributed by atoms with Gasteiger partial charge in [0.05, 0.1) is 16.5 Å². The Hall–Kier alpha value is -1.97. The van der Waals surface area contributed by atoms with E-state index in [-0.39, 0.29) is 4.90 Å². The number of hydrogen-bond acceptors (Lipinski definition) is 4. The molecular formula is C14H15N3O2S. The number of fused-ring (bicyclic) bond motifs is 1. The molecule has 0 aliphatic carbocycles. The molecule has 0 fully saturated rings. The lowest BCUT2D eigenvalue weighted by Crippen LogP contribution is -2.33. The largest absolute Gasteiger partial charge is 0.256 e. The molecule has 1 unspecified atom stereocenters. The van der Waals surface area contributed by atoms with Gasteiger partial charge in [0.2, 0.25) is 10.0 Å². The SMILES string of the molecule is CCC(C#N)NS(=O)(=O)c1ccc(C)c2ncccc12. The van der Waals surface area contributed by atoms with Crippen molar-refractivity contribution in [2.75, 3.05) is 0 Å². The van der Waals surface area contributed by atoms with Crippen LogP contribution in [-0.4, -0.2) is 19.4 Å². The topological polar surface area (TPSA) is 82.9 Å². The third kappa shape index (κ3) is 2.64. The van der Waals surface area contributed by atoms with Crippen LogP contribution in [0, 0.1) is 18.3 Å². The highest BCUT2D eigenvalue weighted by molar-refractivity contribution is 7.89. The molecule has 1 aromatic heterocycles. The highest BCUT2D eigenvalue weighted by Gasteiger charge is 2.21. The van der Waals surface area contributed by atoms with E-state index >= 15 is 0 Å². The fourth-order valence-corrected chi connectivity index (χ4v) is 3.40. The van der Waals surface area contributed by atoms with Gasteiger partial charge in [-0.1, -0.05) is 13.0 Å². The van der Waals surface area contributed by atoms with Crippen LogP contribution < -0.4 is 4.72 Å². The fourth-order valence-electron chi connectivity index (χ4n) is 1.97. The summed E-state index contributed by atoms with van der Waals surface area (Å²) in [7, 11) is -3.74. The zero-order chi connectivity index (χ0) is 14.8.